The molecule has 0 heterocycles. The molecule has 0 spiro atoms. The fourth-order valence-electron chi connectivity index (χ4n) is 2.73. The molecule has 0 aromatic heterocycles. The Labute approximate surface area is 132 Å². The SMILES string of the molecule is Cc1cc(Cl)ccc1O[C@@H](C)C(=O)NC1CCCCCC1. The summed E-state index contributed by atoms with van der Waals surface area (Å²) in [5.41, 5.74) is 0.941. The second kappa shape index (κ2) is 7.69. The van der Waals surface area contributed by atoms with E-state index in [4.69, 9.17) is 16.3 Å². The van der Waals surface area contributed by atoms with Gasteiger partial charge in [-0.2, -0.15) is 0 Å². The van der Waals surface area contributed by atoms with Crippen LogP contribution in [-0.2, 0) is 4.79 Å². The first kappa shape index (κ1) is 16.2. The number of nitrogens with one attached hydrogen (secondary N) is 1. The van der Waals surface area contributed by atoms with E-state index < -0.39 is 6.10 Å². The number of rotatable bonds is 4. The Morgan fingerprint density at radius 3 is 2.57 bits per heavy atom. The molecule has 1 atom stereocenters. The topological polar surface area (TPSA) is 38.3 Å². The monoisotopic (exact) mass is 309 g/mol. The van der Waals surface area contributed by atoms with Crippen LogP contribution in [0.4, 0.5) is 0 Å². The maximum Gasteiger partial charge on any atom is 0.260 e. The zero-order chi connectivity index (χ0) is 15.2. The molecule has 4 heteroatoms. The molecule has 116 valence electrons. The molecule has 21 heavy (non-hydrogen) atoms. The smallest absolute Gasteiger partial charge is 0.260 e. The van der Waals surface area contributed by atoms with Crippen LogP contribution in [-0.4, -0.2) is 18.1 Å². The van der Waals surface area contributed by atoms with Crippen molar-refractivity contribution in [3.05, 3.63) is 28.8 Å². The summed E-state index contributed by atoms with van der Waals surface area (Å²) in [7, 11) is 0. The number of aryl methyl sites for hydroxylation is 1. The van der Waals surface area contributed by atoms with Crippen molar-refractivity contribution in [2.24, 2.45) is 0 Å². The first-order valence-electron chi connectivity index (χ1n) is 7.79. The summed E-state index contributed by atoms with van der Waals surface area (Å²) < 4.78 is 5.76. The Balaban J connectivity index is 1.89. The van der Waals surface area contributed by atoms with Gasteiger partial charge < -0.3 is 10.1 Å². The predicted octanol–water partition coefficient (Wildman–Crippen LogP) is 4.25. The minimum Gasteiger partial charge on any atom is -0.481 e. The van der Waals surface area contributed by atoms with Gasteiger partial charge in [-0.3, -0.25) is 4.79 Å². The van der Waals surface area contributed by atoms with E-state index in [1.165, 1.54) is 25.7 Å². The Hall–Kier alpha value is -1.22. The number of hydrogen-bond donors (Lipinski definition) is 1. The average molecular weight is 310 g/mol. The van der Waals surface area contributed by atoms with Gasteiger partial charge in [-0.15, -0.1) is 0 Å². The Kier molecular flexibility index (Phi) is 5.92. The van der Waals surface area contributed by atoms with E-state index in [1.807, 2.05) is 19.1 Å². The third-order valence-corrected chi connectivity index (χ3v) is 4.25. The molecule has 1 N–H and O–H groups in total. The fourth-order valence-corrected chi connectivity index (χ4v) is 2.96. The summed E-state index contributed by atoms with van der Waals surface area (Å²) in [6, 6.07) is 5.73. The van der Waals surface area contributed by atoms with Crippen LogP contribution in [0.25, 0.3) is 0 Å². The number of benzene rings is 1. The quantitative estimate of drug-likeness (QED) is 0.844. The molecule has 0 saturated heterocycles. The second-order valence-electron chi connectivity index (χ2n) is 5.87. The van der Waals surface area contributed by atoms with Crippen molar-refractivity contribution in [3.63, 3.8) is 0 Å². The second-order valence-corrected chi connectivity index (χ2v) is 6.30. The minimum absolute atomic E-state index is 0.0312. The first-order valence-corrected chi connectivity index (χ1v) is 8.17. The normalized spacial score (nSPS) is 17.9. The van der Waals surface area contributed by atoms with Crippen LogP contribution in [0.2, 0.25) is 5.02 Å². The Morgan fingerprint density at radius 2 is 1.95 bits per heavy atom. The lowest BCUT2D eigenvalue weighted by Crippen LogP contribution is -2.42. The highest BCUT2D eigenvalue weighted by atomic mass is 35.5. The summed E-state index contributed by atoms with van der Waals surface area (Å²) in [5.74, 6) is 0.680. The molecule has 1 aliphatic rings. The van der Waals surface area contributed by atoms with Gasteiger partial charge in [-0.05, 0) is 50.5 Å². The predicted molar refractivity (Wildman–Crippen MR) is 85.9 cm³/mol. The lowest BCUT2D eigenvalue weighted by atomic mass is 10.1. The van der Waals surface area contributed by atoms with Crippen molar-refractivity contribution in [2.45, 2.75) is 64.5 Å². The van der Waals surface area contributed by atoms with Gasteiger partial charge in [0.2, 0.25) is 0 Å². The van der Waals surface area contributed by atoms with Crippen LogP contribution in [0.5, 0.6) is 5.75 Å². The molecule has 1 fully saturated rings. The molecule has 0 radical (unpaired) electrons. The van der Waals surface area contributed by atoms with E-state index in [-0.39, 0.29) is 5.91 Å². The van der Waals surface area contributed by atoms with E-state index in [2.05, 4.69) is 5.32 Å². The zero-order valence-electron chi connectivity index (χ0n) is 12.8. The van der Waals surface area contributed by atoms with Crippen LogP contribution in [0.15, 0.2) is 18.2 Å². The largest absolute Gasteiger partial charge is 0.481 e. The molecule has 1 aromatic rings. The Morgan fingerprint density at radius 1 is 1.29 bits per heavy atom. The van der Waals surface area contributed by atoms with E-state index in [0.29, 0.717) is 16.8 Å². The molecule has 2 rings (SSSR count). The standard InChI is InChI=1S/C17H24ClNO2/c1-12-11-14(18)9-10-16(12)21-13(2)17(20)19-15-7-5-3-4-6-8-15/h9-11,13,15H,3-8H2,1-2H3,(H,19,20)/t13-/m0/s1. The van der Waals surface area contributed by atoms with Crippen LogP contribution >= 0.6 is 11.6 Å². The fraction of sp³-hybridized carbons (Fsp3) is 0.588. The number of halogens is 1. The van der Waals surface area contributed by atoms with E-state index >= 15 is 0 Å². The van der Waals surface area contributed by atoms with E-state index in [1.54, 1.807) is 13.0 Å². The van der Waals surface area contributed by atoms with Gasteiger partial charge in [0.25, 0.3) is 5.91 Å². The summed E-state index contributed by atoms with van der Waals surface area (Å²) in [4.78, 5) is 12.2. The molecule has 1 saturated carbocycles. The van der Waals surface area contributed by atoms with Gasteiger partial charge in [0.15, 0.2) is 6.10 Å². The summed E-state index contributed by atoms with van der Waals surface area (Å²) in [5, 5.41) is 3.80. The number of ether oxygens (including phenoxy) is 1. The van der Waals surface area contributed by atoms with Gasteiger partial charge in [-0.1, -0.05) is 37.3 Å². The minimum atomic E-state index is -0.492. The molecule has 1 amide bonds. The van der Waals surface area contributed by atoms with Crippen molar-refractivity contribution >= 4 is 17.5 Å². The highest BCUT2D eigenvalue weighted by Gasteiger charge is 2.20. The maximum absolute atomic E-state index is 12.2. The molecular weight excluding hydrogens is 286 g/mol. The lowest BCUT2D eigenvalue weighted by Gasteiger charge is -2.21. The van der Waals surface area contributed by atoms with Gasteiger partial charge in [0.1, 0.15) is 5.75 Å². The van der Waals surface area contributed by atoms with Gasteiger partial charge in [0, 0.05) is 11.1 Å². The van der Waals surface area contributed by atoms with Crippen molar-refractivity contribution in [3.8, 4) is 5.75 Å². The molecule has 1 aliphatic carbocycles. The molecule has 0 aliphatic heterocycles. The maximum atomic E-state index is 12.2. The third-order valence-electron chi connectivity index (χ3n) is 4.01. The highest BCUT2D eigenvalue weighted by Crippen LogP contribution is 2.23. The average Bonchev–Trinajstić information content (AvgIpc) is 2.70. The van der Waals surface area contributed by atoms with Gasteiger partial charge >= 0.3 is 0 Å². The lowest BCUT2D eigenvalue weighted by molar-refractivity contribution is -0.128. The van der Waals surface area contributed by atoms with Crippen molar-refractivity contribution in [2.75, 3.05) is 0 Å². The van der Waals surface area contributed by atoms with Crippen LogP contribution in [0.3, 0.4) is 0 Å². The van der Waals surface area contributed by atoms with Crippen LogP contribution < -0.4 is 10.1 Å². The van der Waals surface area contributed by atoms with E-state index in [0.717, 1.165) is 18.4 Å². The number of amides is 1. The Bertz CT molecular complexity index is 482. The third kappa shape index (κ3) is 4.92. The van der Waals surface area contributed by atoms with Crippen LogP contribution in [0.1, 0.15) is 51.0 Å². The molecular formula is C17H24ClNO2. The summed E-state index contributed by atoms with van der Waals surface area (Å²) in [6.45, 7) is 3.72. The van der Waals surface area contributed by atoms with Gasteiger partial charge in [-0.25, -0.2) is 0 Å². The summed E-state index contributed by atoms with van der Waals surface area (Å²) >= 11 is 5.93. The molecule has 1 aromatic carbocycles. The highest BCUT2D eigenvalue weighted by molar-refractivity contribution is 6.30. The van der Waals surface area contributed by atoms with Crippen LogP contribution in [0, 0.1) is 6.92 Å². The summed E-state index contributed by atoms with van der Waals surface area (Å²) in [6.07, 6.45) is 6.64. The molecule has 0 bridgehead atoms. The number of carbonyl (C=O) groups is 1. The number of hydrogen-bond acceptors (Lipinski definition) is 2. The molecule has 0 unspecified atom stereocenters. The first-order chi connectivity index (χ1) is 10.1. The van der Waals surface area contributed by atoms with Crippen molar-refractivity contribution in [1.82, 2.24) is 5.32 Å². The van der Waals surface area contributed by atoms with Crippen molar-refractivity contribution < 1.29 is 9.53 Å². The number of carbonyl (C=O) groups excluding carboxylic acids is 1. The van der Waals surface area contributed by atoms with Gasteiger partial charge in [0.05, 0.1) is 0 Å². The van der Waals surface area contributed by atoms with Crippen molar-refractivity contribution in [1.29, 1.82) is 0 Å². The zero-order valence-corrected chi connectivity index (χ0v) is 13.6. The van der Waals surface area contributed by atoms with E-state index in [9.17, 15) is 4.79 Å². The molecule has 3 nitrogen and oxygen atoms in total.